The van der Waals surface area contributed by atoms with E-state index in [0.29, 0.717) is 13.0 Å². The highest BCUT2D eigenvalue weighted by atomic mass is 15.1. The molecule has 106 valence electrons. The van der Waals surface area contributed by atoms with Crippen molar-refractivity contribution in [2.75, 3.05) is 0 Å². The van der Waals surface area contributed by atoms with Gasteiger partial charge in [0.2, 0.25) is 0 Å². The van der Waals surface area contributed by atoms with Gasteiger partial charge in [0.15, 0.2) is 0 Å². The van der Waals surface area contributed by atoms with Gasteiger partial charge in [-0.3, -0.25) is 0 Å². The molecule has 2 heterocycles. The quantitative estimate of drug-likeness (QED) is 0.721. The number of para-hydroxylation sites is 2. The number of imidazole rings is 2. The molecule has 1 aromatic carbocycles. The zero-order valence-corrected chi connectivity index (χ0v) is 12.0. The average Bonchev–Trinajstić information content (AvgIpc) is 3.06. The van der Waals surface area contributed by atoms with Gasteiger partial charge in [-0.1, -0.05) is 19.1 Å². The molecule has 0 aliphatic rings. The lowest BCUT2D eigenvalue weighted by Gasteiger charge is -2.10. The molecule has 0 aliphatic heterocycles. The normalized spacial score (nSPS) is 10.9. The smallest absolute Gasteiger partial charge is 0.124 e. The first kappa shape index (κ1) is 13.4. The second kappa shape index (κ2) is 5.80. The van der Waals surface area contributed by atoms with Crippen LogP contribution in [0.1, 0.15) is 24.9 Å². The largest absolute Gasteiger partial charge is 0.333 e. The van der Waals surface area contributed by atoms with Crippen LogP contribution in [-0.4, -0.2) is 19.1 Å². The van der Waals surface area contributed by atoms with Crippen molar-refractivity contribution in [1.29, 1.82) is 5.26 Å². The van der Waals surface area contributed by atoms with Crippen LogP contribution in [0.25, 0.3) is 11.0 Å². The molecule has 0 spiro atoms. The molecule has 3 rings (SSSR count). The van der Waals surface area contributed by atoms with Crippen molar-refractivity contribution < 1.29 is 0 Å². The summed E-state index contributed by atoms with van der Waals surface area (Å²) in [5.74, 6) is 0.808. The van der Waals surface area contributed by atoms with Crippen LogP contribution in [0.5, 0.6) is 0 Å². The number of benzene rings is 1. The number of nitrogens with zero attached hydrogens (tertiary/aromatic N) is 5. The fourth-order valence-corrected chi connectivity index (χ4v) is 2.59. The van der Waals surface area contributed by atoms with Gasteiger partial charge in [-0.15, -0.1) is 0 Å². The van der Waals surface area contributed by atoms with Crippen LogP contribution in [0.15, 0.2) is 36.8 Å². The van der Waals surface area contributed by atoms with Crippen molar-refractivity contribution in [3.05, 3.63) is 48.3 Å². The van der Waals surface area contributed by atoms with E-state index in [9.17, 15) is 0 Å². The van der Waals surface area contributed by atoms with Crippen LogP contribution >= 0.6 is 0 Å². The van der Waals surface area contributed by atoms with Crippen molar-refractivity contribution in [2.24, 2.45) is 0 Å². The third-order valence-corrected chi connectivity index (χ3v) is 3.55. The SMILES string of the molecule is CCCn1cncc1Cn1c(CC#N)nc2ccccc21. The summed E-state index contributed by atoms with van der Waals surface area (Å²) in [4.78, 5) is 8.81. The van der Waals surface area contributed by atoms with Crippen molar-refractivity contribution in [3.8, 4) is 6.07 Å². The Morgan fingerprint density at radius 1 is 1.29 bits per heavy atom. The van der Waals surface area contributed by atoms with Gasteiger partial charge in [-0.05, 0) is 18.6 Å². The minimum atomic E-state index is 0.316. The average molecular weight is 279 g/mol. The molecule has 0 saturated carbocycles. The standard InChI is InChI=1S/C16H17N5/c1-2-9-20-12-18-10-13(20)11-21-15-6-4-3-5-14(15)19-16(21)7-8-17/h3-6,10,12H,2,7,9,11H2,1H3. The van der Waals surface area contributed by atoms with Gasteiger partial charge in [-0.2, -0.15) is 5.26 Å². The summed E-state index contributed by atoms with van der Waals surface area (Å²) in [6.45, 7) is 3.80. The number of hydrogen-bond donors (Lipinski definition) is 0. The zero-order valence-electron chi connectivity index (χ0n) is 12.0. The van der Waals surface area contributed by atoms with Gasteiger partial charge in [-0.25, -0.2) is 9.97 Å². The molecule has 5 nitrogen and oxygen atoms in total. The summed E-state index contributed by atoms with van der Waals surface area (Å²) in [5, 5.41) is 9.01. The number of nitriles is 1. The number of rotatable bonds is 5. The molecule has 2 aromatic heterocycles. The maximum absolute atomic E-state index is 9.01. The van der Waals surface area contributed by atoms with Crippen LogP contribution in [0.3, 0.4) is 0 Å². The Labute approximate surface area is 123 Å². The molecule has 0 saturated heterocycles. The molecule has 5 heteroatoms. The molecule has 0 unspecified atom stereocenters. The summed E-state index contributed by atoms with van der Waals surface area (Å²) in [6, 6.07) is 10.2. The minimum absolute atomic E-state index is 0.316. The minimum Gasteiger partial charge on any atom is -0.333 e. The van der Waals surface area contributed by atoms with Crippen LogP contribution in [-0.2, 0) is 19.5 Å². The number of aromatic nitrogens is 4. The van der Waals surface area contributed by atoms with Crippen molar-refractivity contribution in [1.82, 2.24) is 19.1 Å². The van der Waals surface area contributed by atoms with E-state index < -0.39 is 0 Å². The Bertz CT molecular complexity index is 790. The second-order valence-corrected chi connectivity index (χ2v) is 5.02. The van der Waals surface area contributed by atoms with Crippen LogP contribution < -0.4 is 0 Å². The van der Waals surface area contributed by atoms with Gasteiger partial charge >= 0.3 is 0 Å². The predicted molar refractivity (Wildman–Crippen MR) is 80.7 cm³/mol. The lowest BCUT2D eigenvalue weighted by Crippen LogP contribution is -2.09. The van der Waals surface area contributed by atoms with E-state index in [0.717, 1.165) is 35.5 Å². The topological polar surface area (TPSA) is 59.4 Å². The van der Waals surface area contributed by atoms with E-state index >= 15 is 0 Å². The van der Waals surface area contributed by atoms with Gasteiger partial charge < -0.3 is 9.13 Å². The third kappa shape index (κ3) is 2.52. The predicted octanol–water partition coefficient (Wildman–Crippen LogP) is 2.76. The number of hydrogen-bond acceptors (Lipinski definition) is 3. The summed E-state index contributed by atoms with van der Waals surface area (Å²) >= 11 is 0. The van der Waals surface area contributed by atoms with Gasteiger partial charge in [0.1, 0.15) is 5.82 Å². The molecular formula is C16H17N5. The fraction of sp³-hybridized carbons (Fsp3) is 0.312. The Balaban J connectivity index is 2.04. The maximum Gasteiger partial charge on any atom is 0.124 e. The molecule has 0 bridgehead atoms. The molecule has 0 aliphatic carbocycles. The summed E-state index contributed by atoms with van der Waals surface area (Å²) in [6.07, 6.45) is 5.14. The highest BCUT2D eigenvalue weighted by Gasteiger charge is 2.12. The first-order valence-corrected chi connectivity index (χ1v) is 7.13. The number of fused-ring (bicyclic) bond motifs is 1. The van der Waals surface area contributed by atoms with E-state index in [2.05, 4.69) is 32.1 Å². The highest BCUT2D eigenvalue weighted by Crippen LogP contribution is 2.18. The first-order valence-electron chi connectivity index (χ1n) is 7.13. The van der Waals surface area contributed by atoms with Crippen LogP contribution in [0, 0.1) is 11.3 Å². The van der Waals surface area contributed by atoms with E-state index in [4.69, 9.17) is 5.26 Å². The zero-order chi connectivity index (χ0) is 14.7. The van der Waals surface area contributed by atoms with Crippen LogP contribution in [0.4, 0.5) is 0 Å². The number of aryl methyl sites for hydroxylation is 1. The third-order valence-electron chi connectivity index (χ3n) is 3.55. The first-order chi connectivity index (χ1) is 10.3. The summed E-state index contributed by atoms with van der Waals surface area (Å²) < 4.78 is 4.27. The summed E-state index contributed by atoms with van der Waals surface area (Å²) in [5.41, 5.74) is 3.13. The lowest BCUT2D eigenvalue weighted by molar-refractivity contribution is 0.621. The molecule has 3 aromatic rings. The molecule has 0 fully saturated rings. The van der Waals surface area contributed by atoms with Crippen molar-refractivity contribution in [3.63, 3.8) is 0 Å². The van der Waals surface area contributed by atoms with Gasteiger partial charge in [0.25, 0.3) is 0 Å². The molecule has 21 heavy (non-hydrogen) atoms. The van der Waals surface area contributed by atoms with E-state index in [1.807, 2.05) is 36.8 Å². The molecule has 0 N–H and O–H groups in total. The Morgan fingerprint density at radius 3 is 2.95 bits per heavy atom. The fourth-order valence-electron chi connectivity index (χ4n) is 2.59. The van der Waals surface area contributed by atoms with Crippen molar-refractivity contribution in [2.45, 2.75) is 32.9 Å². The molecule has 0 atom stereocenters. The molecule has 0 radical (unpaired) electrons. The van der Waals surface area contributed by atoms with Gasteiger partial charge in [0, 0.05) is 12.7 Å². The Hall–Kier alpha value is -2.61. The Morgan fingerprint density at radius 2 is 2.14 bits per heavy atom. The maximum atomic E-state index is 9.01. The summed E-state index contributed by atoms with van der Waals surface area (Å²) in [7, 11) is 0. The lowest BCUT2D eigenvalue weighted by atomic mass is 10.3. The van der Waals surface area contributed by atoms with E-state index in [1.165, 1.54) is 0 Å². The van der Waals surface area contributed by atoms with E-state index in [1.54, 1.807) is 0 Å². The molecule has 0 amide bonds. The molecular weight excluding hydrogens is 262 g/mol. The van der Waals surface area contributed by atoms with E-state index in [-0.39, 0.29) is 0 Å². The monoisotopic (exact) mass is 279 g/mol. The van der Waals surface area contributed by atoms with Crippen LogP contribution in [0.2, 0.25) is 0 Å². The second-order valence-electron chi connectivity index (χ2n) is 5.02. The van der Waals surface area contributed by atoms with Crippen molar-refractivity contribution >= 4 is 11.0 Å². The highest BCUT2D eigenvalue weighted by molar-refractivity contribution is 5.76. The Kier molecular flexibility index (Phi) is 3.69. The van der Waals surface area contributed by atoms with Gasteiger partial charge in [0.05, 0.1) is 42.1 Å².